The summed E-state index contributed by atoms with van der Waals surface area (Å²) in [5.74, 6) is -0.187. The predicted octanol–water partition coefficient (Wildman–Crippen LogP) is 0.545. The highest BCUT2D eigenvalue weighted by Crippen LogP contribution is 2.07. The lowest BCUT2D eigenvalue weighted by atomic mass is 10.4. The first kappa shape index (κ1) is 12.1. The van der Waals surface area contributed by atoms with Crippen molar-refractivity contribution in [1.29, 1.82) is 0 Å². The van der Waals surface area contributed by atoms with E-state index >= 15 is 0 Å². The number of carbonyl (C=O) groups excluding carboxylic acids is 1. The van der Waals surface area contributed by atoms with E-state index in [4.69, 9.17) is 8.97 Å². The van der Waals surface area contributed by atoms with Crippen LogP contribution in [0, 0.1) is 0 Å². The maximum atomic E-state index is 11.2. The molecule has 0 fully saturated rings. The molecule has 84 valence electrons. The van der Waals surface area contributed by atoms with Crippen LogP contribution in [-0.4, -0.2) is 31.2 Å². The van der Waals surface area contributed by atoms with Gasteiger partial charge in [0.2, 0.25) is 0 Å². The maximum absolute atomic E-state index is 11.2. The van der Waals surface area contributed by atoms with E-state index in [0.717, 1.165) is 0 Å². The largest absolute Gasteiger partial charge is 0.459 e. The number of nitrogens with one attached hydrogen (secondary N) is 1. The van der Waals surface area contributed by atoms with Crippen molar-refractivity contribution in [3.63, 3.8) is 0 Å². The summed E-state index contributed by atoms with van der Waals surface area (Å²) in [6.45, 7) is 0.129. The molecule has 0 spiro atoms. The summed E-state index contributed by atoms with van der Waals surface area (Å²) < 4.78 is 33.8. The standard InChI is InChI=1S/C7H9NO5S2/c9-7(6-2-1-4-13-6)8-3-5-14-15(10,11)12/h1-2,4H,3,5H2,(H,8,9)(H,10,11,12). The second kappa shape index (κ2) is 5.19. The zero-order chi connectivity index (χ0) is 11.3. The average molecular weight is 251 g/mol. The Balaban J connectivity index is 2.24. The fraction of sp³-hybridized carbons (Fsp3) is 0.286. The highest BCUT2D eigenvalue weighted by Gasteiger charge is 2.08. The molecule has 1 heterocycles. The molecule has 0 aromatic carbocycles. The number of furan rings is 1. The number of hydrogen-bond acceptors (Lipinski definition) is 5. The second-order valence-electron chi connectivity index (χ2n) is 2.48. The van der Waals surface area contributed by atoms with Gasteiger partial charge in [0, 0.05) is 12.3 Å². The van der Waals surface area contributed by atoms with Crippen LogP contribution >= 0.6 is 10.8 Å². The fourth-order valence-electron chi connectivity index (χ4n) is 0.806. The molecule has 15 heavy (non-hydrogen) atoms. The number of rotatable bonds is 5. The van der Waals surface area contributed by atoms with Crippen LogP contribution in [0.3, 0.4) is 0 Å². The molecule has 0 bridgehead atoms. The Morgan fingerprint density at radius 3 is 2.87 bits per heavy atom. The minimum absolute atomic E-state index is 0.0747. The number of carbonyl (C=O) groups is 1. The smallest absolute Gasteiger partial charge is 0.319 e. The van der Waals surface area contributed by atoms with E-state index < -0.39 is 15.1 Å². The summed E-state index contributed by atoms with van der Waals surface area (Å²) in [5.41, 5.74) is 0. The summed E-state index contributed by atoms with van der Waals surface area (Å²) in [6, 6.07) is 3.06. The van der Waals surface area contributed by atoms with Gasteiger partial charge in [-0.15, -0.1) is 0 Å². The summed E-state index contributed by atoms with van der Waals surface area (Å²) >= 11 is 0. The van der Waals surface area contributed by atoms with Crippen molar-refractivity contribution in [2.24, 2.45) is 0 Å². The highest BCUT2D eigenvalue weighted by molar-refractivity contribution is 8.69. The van der Waals surface area contributed by atoms with Crippen molar-refractivity contribution in [3.05, 3.63) is 24.2 Å². The van der Waals surface area contributed by atoms with Crippen molar-refractivity contribution in [2.45, 2.75) is 0 Å². The molecule has 0 saturated carbocycles. The molecule has 0 atom stereocenters. The molecular weight excluding hydrogens is 242 g/mol. The van der Waals surface area contributed by atoms with Gasteiger partial charge in [-0.05, 0) is 22.9 Å². The molecule has 0 unspecified atom stereocenters. The minimum atomic E-state index is -4.03. The van der Waals surface area contributed by atoms with Gasteiger partial charge < -0.3 is 9.73 Å². The Morgan fingerprint density at radius 1 is 1.60 bits per heavy atom. The molecule has 8 heteroatoms. The Labute approximate surface area is 90.2 Å². The molecule has 0 aliphatic heterocycles. The van der Waals surface area contributed by atoms with E-state index in [-0.39, 0.29) is 18.1 Å². The molecule has 0 saturated heterocycles. The van der Waals surface area contributed by atoms with Gasteiger partial charge in [-0.3, -0.25) is 9.35 Å². The van der Waals surface area contributed by atoms with Crippen molar-refractivity contribution in [2.75, 3.05) is 12.3 Å². The van der Waals surface area contributed by atoms with Crippen molar-refractivity contribution in [1.82, 2.24) is 5.32 Å². The van der Waals surface area contributed by atoms with Gasteiger partial charge in [-0.1, -0.05) is 0 Å². The summed E-state index contributed by atoms with van der Waals surface area (Å²) in [7, 11) is -3.68. The van der Waals surface area contributed by atoms with E-state index in [9.17, 15) is 13.2 Å². The molecule has 1 rings (SSSR count). The van der Waals surface area contributed by atoms with Crippen LogP contribution in [0.4, 0.5) is 0 Å². The van der Waals surface area contributed by atoms with Crippen LogP contribution < -0.4 is 5.32 Å². The third-order valence-corrected chi connectivity index (χ3v) is 3.43. The predicted molar refractivity (Wildman–Crippen MR) is 55.0 cm³/mol. The van der Waals surface area contributed by atoms with Gasteiger partial charge in [0.1, 0.15) is 0 Å². The van der Waals surface area contributed by atoms with Gasteiger partial charge in [-0.25, -0.2) is 0 Å². The lowest BCUT2D eigenvalue weighted by Crippen LogP contribution is -2.25. The van der Waals surface area contributed by atoms with Crippen LogP contribution in [-0.2, 0) is 9.15 Å². The molecule has 2 N–H and O–H groups in total. The van der Waals surface area contributed by atoms with Crippen LogP contribution in [0.1, 0.15) is 10.6 Å². The molecule has 0 radical (unpaired) electrons. The summed E-state index contributed by atoms with van der Waals surface area (Å²) in [4.78, 5) is 11.2. The zero-order valence-electron chi connectivity index (χ0n) is 7.54. The first-order chi connectivity index (χ1) is 6.99. The number of hydrogen-bond donors (Lipinski definition) is 2. The van der Waals surface area contributed by atoms with Crippen LogP contribution in [0.25, 0.3) is 0 Å². The van der Waals surface area contributed by atoms with Crippen molar-refractivity contribution in [3.8, 4) is 0 Å². The van der Waals surface area contributed by atoms with E-state index in [1.54, 1.807) is 6.07 Å². The maximum Gasteiger partial charge on any atom is 0.319 e. The first-order valence-electron chi connectivity index (χ1n) is 3.92. The Morgan fingerprint density at radius 2 is 2.33 bits per heavy atom. The second-order valence-corrected chi connectivity index (χ2v) is 5.95. The Bertz CT molecular complexity index is 411. The van der Waals surface area contributed by atoms with Crippen LogP contribution in [0.2, 0.25) is 0 Å². The number of amides is 1. The van der Waals surface area contributed by atoms with E-state index in [1.165, 1.54) is 12.3 Å². The average Bonchev–Trinajstić information content (AvgIpc) is 2.63. The summed E-state index contributed by atoms with van der Waals surface area (Å²) in [6.07, 6.45) is 1.36. The Kier molecular flexibility index (Phi) is 4.18. The van der Waals surface area contributed by atoms with E-state index in [1.807, 2.05) is 0 Å². The third kappa shape index (κ3) is 4.86. The van der Waals surface area contributed by atoms with Gasteiger partial charge in [-0.2, -0.15) is 8.42 Å². The molecule has 1 amide bonds. The molecule has 1 aromatic rings. The van der Waals surface area contributed by atoms with Gasteiger partial charge >= 0.3 is 9.15 Å². The minimum Gasteiger partial charge on any atom is -0.459 e. The fourth-order valence-corrected chi connectivity index (χ4v) is 2.08. The zero-order valence-corrected chi connectivity index (χ0v) is 9.18. The first-order valence-corrected chi connectivity index (χ1v) is 6.87. The van der Waals surface area contributed by atoms with Crippen LogP contribution in [0.5, 0.6) is 0 Å². The normalized spacial score (nSPS) is 11.3. The van der Waals surface area contributed by atoms with Crippen LogP contribution in [0.15, 0.2) is 22.8 Å². The lowest BCUT2D eigenvalue weighted by molar-refractivity contribution is 0.0928. The van der Waals surface area contributed by atoms with Gasteiger partial charge in [0.15, 0.2) is 5.76 Å². The van der Waals surface area contributed by atoms with Gasteiger partial charge in [0.25, 0.3) is 5.91 Å². The molecule has 6 nitrogen and oxygen atoms in total. The van der Waals surface area contributed by atoms with E-state index in [2.05, 4.69) is 5.32 Å². The molecule has 0 aliphatic rings. The third-order valence-electron chi connectivity index (χ3n) is 1.36. The van der Waals surface area contributed by atoms with Crippen molar-refractivity contribution >= 4 is 25.9 Å². The molecule has 1 aromatic heterocycles. The molecule has 0 aliphatic carbocycles. The highest BCUT2D eigenvalue weighted by atomic mass is 33.1. The monoisotopic (exact) mass is 251 g/mol. The molecular formula is C7H9NO5S2. The quantitative estimate of drug-likeness (QED) is 0.450. The summed E-state index contributed by atoms with van der Waals surface area (Å²) in [5, 5.41) is 2.43. The lowest BCUT2D eigenvalue weighted by Gasteiger charge is -2.00. The topological polar surface area (TPSA) is 96.6 Å². The Hall–Kier alpha value is -0.990. The van der Waals surface area contributed by atoms with Crippen molar-refractivity contribution < 1.29 is 22.2 Å². The van der Waals surface area contributed by atoms with E-state index in [0.29, 0.717) is 10.8 Å². The van der Waals surface area contributed by atoms with Gasteiger partial charge in [0.05, 0.1) is 6.26 Å². The SMILES string of the molecule is O=C(NCCSS(=O)(=O)O)c1ccco1.